The van der Waals surface area contributed by atoms with Crippen LogP contribution < -0.4 is 5.32 Å². The van der Waals surface area contributed by atoms with Gasteiger partial charge in [-0.3, -0.25) is 4.79 Å². The van der Waals surface area contributed by atoms with Crippen LogP contribution in [0.2, 0.25) is 0 Å². The Morgan fingerprint density at radius 1 is 1.53 bits per heavy atom. The Balaban J connectivity index is 2.35. The maximum atomic E-state index is 11.9. The molecular weight excluding hydrogens is 234 g/mol. The minimum absolute atomic E-state index is 0.0483. The fourth-order valence-electron chi connectivity index (χ4n) is 1.82. The summed E-state index contributed by atoms with van der Waals surface area (Å²) in [5.74, 6) is 0.167. The van der Waals surface area contributed by atoms with E-state index in [1.54, 1.807) is 11.3 Å². The number of rotatable bonds is 8. The van der Waals surface area contributed by atoms with Crippen molar-refractivity contribution in [2.45, 2.75) is 39.2 Å². The van der Waals surface area contributed by atoms with Crippen molar-refractivity contribution < 1.29 is 9.90 Å². The molecule has 4 heteroatoms. The molecule has 0 aromatic carbocycles. The van der Waals surface area contributed by atoms with Gasteiger partial charge in [-0.2, -0.15) is 0 Å². The second-order valence-corrected chi connectivity index (χ2v) is 5.18. The van der Waals surface area contributed by atoms with Crippen LogP contribution in [0.3, 0.4) is 0 Å². The average molecular weight is 255 g/mol. The Bertz CT molecular complexity index is 311. The molecule has 1 aromatic rings. The Morgan fingerprint density at radius 3 is 2.94 bits per heavy atom. The van der Waals surface area contributed by atoms with Gasteiger partial charge in [0.05, 0.1) is 6.54 Å². The van der Waals surface area contributed by atoms with Gasteiger partial charge in [0.1, 0.15) is 0 Å². The predicted octanol–water partition coefficient (Wildman–Crippen LogP) is 2.55. The van der Waals surface area contributed by atoms with Gasteiger partial charge in [-0.05, 0) is 30.7 Å². The van der Waals surface area contributed by atoms with Crippen molar-refractivity contribution in [3.63, 3.8) is 0 Å². The molecule has 0 spiro atoms. The molecule has 0 saturated heterocycles. The van der Waals surface area contributed by atoms with Gasteiger partial charge in [-0.1, -0.05) is 19.4 Å². The lowest BCUT2D eigenvalue weighted by molar-refractivity contribution is -0.125. The maximum absolute atomic E-state index is 11.9. The highest BCUT2D eigenvalue weighted by Gasteiger charge is 2.16. The second-order valence-electron chi connectivity index (χ2n) is 4.15. The van der Waals surface area contributed by atoms with Crippen molar-refractivity contribution in [1.82, 2.24) is 5.32 Å². The summed E-state index contributed by atoms with van der Waals surface area (Å²) in [5, 5.41) is 13.8. The molecule has 1 amide bonds. The van der Waals surface area contributed by atoms with E-state index in [1.165, 1.54) is 4.88 Å². The zero-order chi connectivity index (χ0) is 12.5. The number of aliphatic hydroxyl groups excluding tert-OH is 1. The molecule has 0 aliphatic carbocycles. The lowest BCUT2D eigenvalue weighted by Gasteiger charge is -2.15. The standard InChI is InChI=1S/C13H21NO2S/c1-2-5-11(6-3-8-15)13(16)14-10-12-7-4-9-17-12/h4,7,9,11,15H,2-3,5-6,8,10H2,1H3,(H,14,16). The first kappa shape index (κ1) is 14.2. The number of hydrogen-bond donors (Lipinski definition) is 2. The van der Waals surface area contributed by atoms with Gasteiger partial charge in [0.2, 0.25) is 5.91 Å². The van der Waals surface area contributed by atoms with Crippen molar-refractivity contribution >= 4 is 17.2 Å². The van der Waals surface area contributed by atoms with Crippen LogP contribution in [0, 0.1) is 5.92 Å². The summed E-state index contributed by atoms with van der Waals surface area (Å²) in [6.07, 6.45) is 3.39. The smallest absolute Gasteiger partial charge is 0.223 e. The first-order valence-electron chi connectivity index (χ1n) is 6.18. The lowest BCUT2D eigenvalue weighted by Crippen LogP contribution is -2.30. The average Bonchev–Trinajstić information content (AvgIpc) is 2.84. The van der Waals surface area contributed by atoms with E-state index in [2.05, 4.69) is 12.2 Å². The van der Waals surface area contributed by atoms with Gasteiger partial charge < -0.3 is 10.4 Å². The molecule has 1 rings (SSSR count). The van der Waals surface area contributed by atoms with E-state index in [0.717, 1.165) is 19.3 Å². The summed E-state index contributed by atoms with van der Waals surface area (Å²) in [6.45, 7) is 2.87. The molecule has 1 atom stereocenters. The minimum Gasteiger partial charge on any atom is -0.396 e. The number of aliphatic hydroxyl groups is 1. The van der Waals surface area contributed by atoms with Gasteiger partial charge >= 0.3 is 0 Å². The predicted molar refractivity (Wildman–Crippen MR) is 70.9 cm³/mol. The van der Waals surface area contributed by atoms with E-state index in [1.807, 2.05) is 17.5 Å². The molecule has 3 nitrogen and oxygen atoms in total. The largest absolute Gasteiger partial charge is 0.396 e. The van der Waals surface area contributed by atoms with Crippen LogP contribution in [0.1, 0.15) is 37.5 Å². The van der Waals surface area contributed by atoms with E-state index in [0.29, 0.717) is 13.0 Å². The van der Waals surface area contributed by atoms with E-state index in [4.69, 9.17) is 5.11 Å². The highest BCUT2D eigenvalue weighted by molar-refractivity contribution is 7.09. The van der Waals surface area contributed by atoms with Gasteiger partial charge in [0.15, 0.2) is 0 Å². The molecule has 0 aliphatic heterocycles. The van der Waals surface area contributed by atoms with E-state index < -0.39 is 0 Å². The number of thiophene rings is 1. The molecule has 0 fully saturated rings. The first-order valence-corrected chi connectivity index (χ1v) is 7.06. The second kappa shape index (κ2) is 8.25. The Morgan fingerprint density at radius 2 is 2.35 bits per heavy atom. The molecule has 2 N–H and O–H groups in total. The number of amides is 1. The Hall–Kier alpha value is -0.870. The molecule has 1 unspecified atom stereocenters. The molecule has 1 aromatic heterocycles. The highest BCUT2D eigenvalue weighted by Crippen LogP contribution is 2.14. The van der Waals surface area contributed by atoms with Gasteiger partial charge in [-0.25, -0.2) is 0 Å². The van der Waals surface area contributed by atoms with Gasteiger partial charge in [0, 0.05) is 17.4 Å². The van der Waals surface area contributed by atoms with Crippen molar-refractivity contribution in [2.24, 2.45) is 5.92 Å². The lowest BCUT2D eigenvalue weighted by atomic mass is 9.97. The zero-order valence-corrected chi connectivity index (χ0v) is 11.1. The SMILES string of the molecule is CCCC(CCCO)C(=O)NCc1cccs1. The van der Waals surface area contributed by atoms with Crippen molar-refractivity contribution in [2.75, 3.05) is 6.61 Å². The Labute approximate surface area is 107 Å². The molecule has 0 saturated carbocycles. The maximum Gasteiger partial charge on any atom is 0.223 e. The normalized spacial score (nSPS) is 12.4. The third-order valence-corrected chi connectivity index (χ3v) is 3.61. The van der Waals surface area contributed by atoms with Crippen LogP contribution in [-0.2, 0) is 11.3 Å². The van der Waals surface area contributed by atoms with Crippen LogP contribution in [0.15, 0.2) is 17.5 Å². The number of carbonyl (C=O) groups excluding carboxylic acids is 1. The van der Waals surface area contributed by atoms with Crippen LogP contribution in [0.4, 0.5) is 0 Å². The Kier molecular flexibility index (Phi) is 6.89. The van der Waals surface area contributed by atoms with Crippen molar-refractivity contribution in [1.29, 1.82) is 0 Å². The number of nitrogens with one attached hydrogen (secondary N) is 1. The molecular formula is C13H21NO2S. The van der Waals surface area contributed by atoms with Gasteiger partial charge in [0.25, 0.3) is 0 Å². The summed E-state index contributed by atoms with van der Waals surface area (Å²) in [4.78, 5) is 13.1. The van der Waals surface area contributed by atoms with Crippen molar-refractivity contribution in [3.05, 3.63) is 22.4 Å². The fraction of sp³-hybridized carbons (Fsp3) is 0.615. The molecule has 1 heterocycles. The third-order valence-electron chi connectivity index (χ3n) is 2.74. The summed E-state index contributed by atoms with van der Waals surface area (Å²) >= 11 is 1.65. The third kappa shape index (κ3) is 5.33. The molecule has 0 bridgehead atoms. The summed E-state index contributed by atoms with van der Waals surface area (Å²) in [7, 11) is 0. The molecule has 0 radical (unpaired) electrons. The van der Waals surface area contributed by atoms with E-state index in [-0.39, 0.29) is 18.4 Å². The highest BCUT2D eigenvalue weighted by atomic mass is 32.1. The molecule has 96 valence electrons. The van der Waals surface area contributed by atoms with Crippen LogP contribution in [0.5, 0.6) is 0 Å². The number of hydrogen-bond acceptors (Lipinski definition) is 3. The summed E-state index contributed by atoms with van der Waals surface area (Å²) < 4.78 is 0. The van der Waals surface area contributed by atoms with Crippen LogP contribution in [0.25, 0.3) is 0 Å². The quantitative estimate of drug-likeness (QED) is 0.750. The summed E-state index contributed by atoms with van der Waals surface area (Å²) in [5.41, 5.74) is 0. The molecule has 0 aliphatic rings. The van der Waals surface area contributed by atoms with Crippen molar-refractivity contribution in [3.8, 4) is 0 Å². The molecule has 17 heavy (non-hydrogen) atoms. The fourth-order valence-corrected chi connectivity index (χ4v) is 2.47. The topological polar surface area (TPSA) is 49.3 Å². The van der Waals surface area contributed by atoms with Crippen LogP contribution >= 0.6 is 11.3 Å². The first-order chi connectivity index (χ1) is 8.27. The van der Waals surface area contributed by atoms with E-state index >= 15 is 0 Å². The van der Waals surface area contributed by atoms with Crippen LogP contribution in [-0.4, -0.2) is 17.6 Å². The van der Waals surface area contributed by atoms with E-state index in [9.17, 15) is 4.79 Å². The zero-order valence-electron chi connectivity index (χ0n) is 10.3. The minimum atomic E-state index is 0.0483. The number of carbonyl (C=O) groups is 1. The van der Waals surface area contributed by atoms with Gasteiger partial charge in [-0.15, -0.1) is 11.3 Å². The summed E-state index contributed by atoms with van der Waals surface area (Å²) in [6, 6.07) is 4.01. The monoisotopic (exact) mass is 255 g/mol.